The van der Waals surface area contributed by atoms with Crippen molar-refractivity contribution in [1.82, 2.24) is 9.88 Å². The summed E-state index contributed by atoms with van der Waals surface area (Å²) in [7, 11) is 0. The van der Waals surface area contributed by atoms with Gasteiger partial charge in [-0.1, -0.05) is 0 Å². The maximum absolute atomic E-state index is 15.6. The summed E-state index contributed by atoms with van der Waals surface area (Å²) in [6, 6.07) is 0.864. The number of anilines is 1. The normalized spacial score (nSPS) is 23.2. The smallest absolute Gasteiger partial charge is 0.449 e. The van der Waals surface area contributed by atoms with Gasteiger partial charge in [0.15, 0.2) is 11.6 Å². The Bertz CT molecular complexity index is 1060. The Kier molecular flexibility index (Phi) is 5.33. The first-order valence-corrected chi connectivity index (χ1v) is 9.51. The highest BCUT2D eigenvalue weighted by Gasteiger charge is 2.38. The van der Waals surface area contributed by atoms with Crippen LogP contribution in [0.3, 0.4) is 0 Å². The number of morpholine rings is 1. The van der Waals surface area contributed by atoms with E-state index in [0.29, 0.717) is 26.2 Å². The molecule has 8 nitrogen and oxygen atoms in total. The molecule has 1 aromatic carbocycles. The summed E-state index contributed by atoms with van der Waals surface area (Å²) < 4.78 is 42.3. The number of hydrogen-bond donors (Lipinski definition) is 2. The van der Waals surface area contributed by atoms with Gasteiger partial charge in [0.1, 0.15) is 11.5 Å². The molecule has 1 aromatic heterocycles. The summed E-state index contributed by atoms with van der Waals surface area (Å²) in [5, 5.41) is 11.9. The number of ether oxygens (including phenoxy) is 2. The highest BCUT2D eigenvalue weighted by Crippen LogP contribution is 2.40. The lowest BCUT2D eigenvalue weighted by atomic mass is 10.1. The third kappa shape index (κ3) is 3.38. The number of halogens is 3. The Labute approximate surface area is 175 Å². The first-order valence-electron chi connectivity index (χ1n) is 9.51. The molecule has 2 aromatic rings. The molecule has 11 heteroatoms. The largest absolute Gasteiger partial charge is 0.511 e. The number of fused-ring (bicyclic) bond motifs is 2. The molecule has 0 radical (unpaired) electrons. The van der Waals surface area contributed by atoms with Gasteiger partial charge in [-0.3, -0.25) is 4.79 Å². The van der Waals surface area contributed by atoms with Crippen LogP contribution in [0.15, 0.2) is 17.1 Å². The topological polar surface area (TPSA) is 93.0 Å². The molecule has 162 valence electrons. The van der Waals surface area contributed by atoms with Crippen LogP contribution in [0, 0.1) is 11.6 Å². The second kappa shape index (κ2) is 7.68. The number of aromatic nitrogens is 1. The molecule has 0 bridgehead atoms. The first kappa shape index (κ1) is 20.8. The lowest BCUT2D eigenvalue weighted by Gasteiger charge is -2.25. The van der Waals surface area contributed by atoms with Crippen LogP contribution in [0.1, 0.15) is 18.9 Å². The fourth-order valence-corrected chi connectivity index (χ4v) is 4.28. The zero-order valence-corrected chi connectivity index (χ0v) is 16.6. The number of benzene rings is 1. The molecule has 3 heterocycles. The third-order valence-electron chi connectivity index (χ3n) is 5.71. The van der Waals surface area contributed by atoms with Crippen LogP contribution in [0.5, 0.6) is 5.75 Å². The van der Waals surface area contributed by atoms with Crippen molar-refractivity contribution >= 4 is 35.2 Å². The number of pyridine rings is 1. The van der Waals surface area contributed by atoms with Gasteiger partial charge in [0.05, 0.1) is 35.9 Å². The monoisotopic (exact) mass is 443 g/mol. The van der Waals surface area contributed by atoms with E-state index in [9.17, 15) is 14.0 Å². The van der Waals surface area contributed by atoms with Crippen molar-refractivity contribution in [3.8, 4) is 5.75 Å². The maximum atomic E-state index is 15.6. The van der Waals surface area contributed by atoms with Crippen molar-refractivity contribution in [2.45, 2.75) is 31.0 Å². The Hall–Kier alpha value is -2.43. The molecule has 3 fully saturated rings. The van der Waals surface area contributed by atoms with Crippen LogP contribution in [0.25, 0.3) is 10.9 Å². The van der Waals surface area contributed by atoms with E-state index in [1.165, 1.54) is 10.8 Å². The average Bonchev–Trinajstić information content (AvgIpc) is 3.43. The minimum Gasteiger partial charge on any atom is -0.449 e. The number of nitrogens with one attached hydrogen (secondary N) is 1. The molecule has 0 amide bonds. The fraction of sp³-hybridized carbons (Fsp3) is 0.474. The van der Waals surface area contributed by atoms with Gasteiger partial charge in [0.25, 0.3) is 0 Å². The predicted molar refractivity (Wildman–Crippen MR) is 106 cm³/mol. The summed E-state index contributed by atoms with van der Waals surface area (Å²) in [5.41, 5.74) is -1.09. The molecule has 0 spiro atoms. The summed E-state index contributed by atoms with van der Waals surface area (Å²) in [4.78, 5) is 25.1. The van der Waals surface area contributed by atoms with Crippen molar-refractivity contribution in [2.75, 3.05) is 31.1 Å². The molecular formula is C19H20ClF2N3O5. The number of carbonyl (C=O) groups is 1. The zero-order valence-electron chi connectivity index (χ0n) is 15.8. The second-order valence-electron chi connectivity index (χ2n) is 7.62. The maximum Gasteiger partial charge on any atom is 0.511 e. The van der Waals surface area contributed by atoms with Gasteiger partial charge in [-0.2, -0.15) is 0 Å². The summed E-state index contributed by atoms with van der Waals surface area (Å²) >= 11 is 0. The molecule has 2 atom stereocenters. The van der Waals surface area contributed by atoms with E-state index < -0.39 is 29.0 Å². The zero-order chi connectivity index (χ0) is 20.3. The summed E-state index contributed by atoms with van der Waals surface area (Å²) in [6.45, 7) is 1.96. The van der Waals surface area contributed by atoms with Crippen LogP contribution < -0.4 is 20.4 Å². The van der Waals surface area contributed by atoms with E-state index in [2.05, 4.69) is 10.1 Å². The van der Waals surface area contributed by atoms with Gasteiger partial charge in [-0.15, -0.1) is 12.4 Å². The molecule has 3 aliphatic rings. The lowest BCUT2D eigenvalue weighted by Crippen LogP contribution is -2.47. The second-order valence-corrected chi connectivity index (χ2v) is 7.62. The highest BCUT2D eigenvalue weighted by molar-refractivity contribution is 5.86. The van der Waals surface area contributed by atoms with Gasteiger partial charge >= 0.3 is 6.16 Å². The van der Waals surface area contributed by atoms with Gasteiger partial charge in [-0.25, -0.2) is 13.6 Å². The Balaban J connectivity index is 0.00000218. The van der Waals surface area contributed by atoms with Crippen LogP contribution >= 0.6 is 12.4 Å². The SMILES string of the molecule is Cl.O=C(O)Oc1cn(C2CC2)c2c(F)c(N3C[C@@H]4NCCO[C@@H]4C3)c(F)cc2c1=O. The predicted octanol–water partition coefficient (Wildman–Crippen LogP) is 2.27. The standard InChI is InChI=1S/C19H19F2N3O5.ClH/c20-11-5-10-16(24(9-1-2-9)8-14(18(10)25)29-19(26)27)15(21)17(11)23-6-12-13(7-23)28-4-3-22-12;/h5,8-9,12-13,22H,1-4,6-7H2,(H,26,27);1H/t12-,13+;/m0./s1. The molecule has 30 heavy (non-hydrogen) atoms. The summed E-state index contributed by atoms with van der Waals surface area (Å²) in [6.07, 6.45) is 0.893. The van der Waals surface area contributed by atoms with Gasteiger partial charge < -0.3 is 29.4 Å². The molecule has 2 saturated heterocycles. The van der Waals surface area contributed by atoms with Crippen LogP contribution in [-0.4, -0.2) is 54.2 Å². The molecule has 1 saturated carbocycles. The number of carboxylic acid groups (broad SMARTS) is 1. The van der Waals surface area contributed by atoms with E-state index in [1.807, 2.05) is 0 Å². The van der Waals surface area contributed by atoms with E-state index in [4.69, 9.17) is 9.84 Å². The Morgan fingerprint density at radius 3 is 2.73 bits per heavy atom. The Morgan fingerprint density at radius 1 is 1.30 bits per heavy atom. The lowest BCUT2D eigenvalue weighted by molar-refractivity contribution is 0.0212. The van der Waals surface area contributed by atoms with Gasteiger partial charge in [0, 0.05) is 25.7 Å². The van der Waals surface area contributed by atoms with Gasteiger partial charge in [0.2, 0.25) is 5.43 Å². The summed E-state index contributed by atoms with van der Waals surface area (Å²) in [5.74, 6) is -2.17. The fourth-order valence-electron chi connectivity index (χ4n) is 4.28. The van der Waals surface area contributed by atoms with E-state index >= 15 is 4.39 Å². The minimum atomic E-state index is -1.66. The van der Waals surface area contributed by atoms with E-state index in [0.717, 1.165) is 18.9 Å². The van der Waals surface area contributed by atoms with E-state index in [-0.39, 0.29) is 47.2 Å². The number of nitrogens with zero attached hydrogens (tertiary/aromatic N) is 2. The third-order valence-corrected chi connectivity index (χ3v) is 5.71. The van der Waals surface area contributed by atoms with Crippen LogP contribution in [0.2, 0.25) is 0 Å². The Morgan fingerprint density at radius 2 is 2.07 bits per heavy atom. The van der Waals surface area contributed by atoms with Crippen molar-refractivity contribution in [3.63, 3.8) is 0 Å². The van der Waals surface area contributed by atoms with Crippen molar-refractivity contribution in [3.05, 3.63) is 34.1 Å². The van der Waals surface area contributed by atoms with Crippen molar-refractivity contribution in [2.24, 2.45) is 0 Å². The van der Waals surface area contributed by atoms with Crippen LogP contribution in [0.4, 0.5) is 19.3 Å². The number of hydrogen-bond acceptors (Lipinski definition) is 6. The molecule has 5 rings (SSSR count). The van der Waals surface area contributed by atoms with E-state index in [1.54, 1.807) is 4.90 Å². The van der Waals surface area contributed by atoms with Crippen molar-refractivity contribution < 1.29 is 28.2 Å². The molecule has 0 unspecified atom stereocenters. The number of rotatable bonds is 3. The quantitative estimate of drug-likeness (QED) is 0.703. The van der Waals surface area contributed by atoms with Gasteiger partial charge in [-0.05, 0) is 18.9 Å². The highest BCUT2D eigenvalue weighted by atomic mass is 35.5. The molecule has 1 aliphatic carbocycles. The van der Waals surface area contributed by atoms with Crippen LogP contribution in [-0.2, 0) is 4.74 Å². The molecule has 2 N–H and O–H groups in total. The first-order chi connectivity index (χ1) is 13.9. The minimum absolute atomic E-state index is 0. The molecular weight excluding hydrogens is 424 g/mol. The molecule has 2 aliphatic heterocycles. The average molecular weight is 444 g/mol. The van der Waals surface area contributed by atoms with Crippen molar-refractivity contribution in [1.29, 1.82) is 0 Å².